The average Bonchev–Trinajstić information content (AvgIpc) is 3.62. The van der Waals surface area contributed by atoms with E-state index in [1.807, 2.05) is 12.1 Å². The van der Waals surface area contributed by atoms with Crippen molar-refractivity contribution in [1.29, 1.82) is 0 Å². The fourth-order valence-electron chi connectivity index (χ4n) is 7.84. The molecule has 4 aromatic rings. The molecular weight excluding hydrogens is 820 g/mol. The Morgan fingerprint density at radius 1 is 0.640 bits per heavy atom. The summed E-state index contributed by atoms with van der Waals surface area (Å²) in [5.74, 6) is 0. The Labute approximate surface area is 339 Å². The molecule has 0 unspecified atom stereocenters. The molecule has 0 spiro atoms. The van der Waals surface area contributed by atoms with Crippen molar-refractivity contribution < 1.29 is 46.1 Å². The van der Waals surface area contributed by atoms with Gasteiger partial charge in [0, 0.05) is 0 Å². The van der Waals surface area contributed by atoms with Crippen molar-refractivity contribution in [2.45, 2.75) is 92.9 Å². The zero-order valence-corrected chi connectivity index (χ0v) is 37.4. The number of rotatable bonds is 4. The van der Waals surface area contributed by atoms with Gasteiger partial charge in [0.2, 0.25) is 0 Å². The standard InChI is InChI=1S/C23H29.C15H10Cl4.C5H5.2ClH.Zr/c1-14-9-16-11-17-10-15(2)21(23(6,7)8)13-19(17)18(16)12-20(14)22(3,4)5;1-8-10(4-12(16)6-14(8)18)3-11-5-13(17)7-15(19)9(11)2;1-2-4-5-3-1;;;/h9,12-13H,11H2,1-8H3;4-7H,1-2H3;1-3H,4H2;2*1H;/q;;;;;+2/p-2. The molecule has 50 heavy (non-hydrogen) atoms. The van der Waals surface area contributed by atoms with Crippen molar-refractivity contribution in [3.8, 4) is 11.1 Å². The summed E-state index contributed by atoms with van der Waals surface area (Å²) in [4.78, 5) is 0. The minimum absolute atomic E-state index is 0. The number of hydrogen-bond donors (Lipinski definition) is 0. The molecule has 0 fully saturated rings. The smallest absolute Gasteiger partial charge is 1.00 e. The first-order valence-corrected chi connectivity index (χ1v) is 21.9. The van der Waals surface area contributed by atoms with Crippen molar-refractivity contribution in [2.24, 2.45) is 0 Å². The van der Waals surface area contributed by atoms with Crippen LogP contribution in [0.25, 0.3) is 11.1 Å². The fraction of sp³-hybridized carbons (Fsp3) is 0.326. The second-order valence-corrected chi connectivity index (χ2v) is 23.2. The molecule has 0 atom stereocenters. The van der Waals surface area contributed by atoms with Crippen LogP contribution in [0.5, 0.6) is 0 Å². The maximum absolute atomic E-state index is 6.95. The van der Waals surface area contributed by atoms with Gasteiger partial charge in [-0.2, -0.15) is 0 Å². The van der Waals surface area contributed by atoms with E-state index in [4.69, 9.17) is 46.4 Å². The molecule has 0 nitrogen and oxygen atoms in total. The van der Waals surface area contributed by atoms with Crippen LogP contribution in [-0.2, 0) is 38.5 Å². The first kappa shape index (κ1) is 41.6. The van der Waals surface area contributed by atoms with E-state index in [9.17, 15) is 0 Å². The molecule has 262 valence electrons. The summed E-state index contributed by atoms with van der Waals surface area (Å²) in [5, 5.41) is 2.61. The van der Waals surface area contributed by atoms with E-state index in [-0.39, 0.29) is 35.6 Å². The summed E-state index contributed by atoms with van der Waals surface area (Å²) >= 11 is 24.5. The van der Waals surface area contributed by atoms with Crippen LogP contribution in [-0.4, -0.2) is 3.21 Å². The number of allylic oxidation sites excluding steroid dienone is 4. The average molecular weight is 865 g/mol. The Kier molecular flexibility index (Phi) is 12.7. The van der Waals surface area contributed by atoms with Gasteiger partial charge in [-0.05, 0) is 0 Å². The molecule has 0 saturated heterocycles. The molecule has 2 aliphatic carbocycles. The topological polar surface area (TPSA) is 0 Å². The molecule has 0 bridgehead atoms. The van der Waals surface area contributed by atoms with E-state index in [2.05, 4.69) is 118 Å². The maximum Gasteiger partial charge on any atom is -1.00 e. The minimum Gasteiger partial charge on any atom is -1.00 e. The van der Waals surface area contributed by atoms with Crippen LogP contribution in [0.1, 0.15) is 104 Å². The fourth-order valence-corrected chi connectivity index (χ4v) is 17.6. The number of hydrogen-bond acceptors (Lipinski definition) is 0. The van der Waals surface area contributed by atoms with E-state index in [0.29, 0.717) is 20.1 Å². The van der Waals surface area contributed by atoms with Gasteiger partial charge in [-0.25, -0.2) is 0 Å². The van der Waals surface area contributed by atoms with Gasteiger partial charge in [-0.3, -0.25) is 0 Å². The van der Waals surface area contributed by atoms with Gasteiger partial charge in [0.25, 0.3) is 0 Å². The number of benzene rings is 4. The monoisotopic (exact) mass is 860 g/mol. The van der Waals surface area contributed by atoms with Crippen LogP contribution in [0.4, 0.5) is 0 Å². The summed E-state index contributed by atoms with van der Waals surface area (Å²) in [6.45, 7) is 22.9. The molecule has 7 heteroatoms. The summed E-state index contributed by atoms with van der Waals surface area (Å²) < 4.78 is 4.41. The third-order valence-electron chi connectivity index (χ3n) is 10.2. The molecule has 6 rings (SSSR count). The molecule has 4 aromatic carbocycles. The van der Waals surface area contributed by atoms with Crippen molar-refractivity contribution in [1.82, 2.24) is 0 Å². The van der Waals surface area contributed by atoms with Crippen molar-refractivity contribution in [3.05, 3.63) is 140 Å². The van der Waals surface area contributed by atoms with Crippen LogP contribution in [0, 0.1) is 27.7 Å². The Bertz CT molecular complexity index is 2060. The molecule has 0 N–H and O–H groups in total. The predicted octanol–water partition coefficient (Wildman–Crippen LogP) is 7.06. The van der Waals surface area contributed by atoms with E-state index in [0.717, 1.165) is 35.1 Å². The zero-order chi connectivity index (χ0) is 35.0. The van der Waals surface area contributed by atoms with Crippen LogP contribution in [0.3, 0.4) is 0 Å². The van der Waals surface area contributed by atoms with Crippen molar-refractivity contribution in [3.63, 3.8) is 0 Å². The predicted molar refractivity (Wildman–Crippen MR) is 209 cm³/mol. The largest absolute Gasteiger partial charge is 1.00 e. The number of aryl methyl sites for hydroxylation is 1. The van der Waals surface area contributed by atoms with E-state index in [1.54, 1.807) is 3.27 Å². The summed E-state index contributed by atoms with van der Waals surface area (Å²) in [6.07, 6.45) is 8.80. The van der Waals surface area contributed by atoms with Gasteiger partial charge in [0.15, 0.2) is 0 Å². The van der Waals surface area contributed by atoms with Gasteiger partial charge < -0.3 is 24.8 Å². The summed E-state index contributed by atoms with van der Waals surface area (Å²) in [7, 11) is 0. The molecule has 0 radical (unpaired) electrons. The van der Waals surface area contributed by atoms with Crippen LogP contribution >= 0.6 is 46.4 Å². The Balaban J connectivity index is 0.00000281. The summed E-state index contributed by atoms with van der Waals surface area (Å²) in [5.41, 5.74) is 15.6. The second-order valence-electron chi connectivity index (χ2n) is 15.6. The van der Waals surface area contributed by atoms with E-state index < -0.39 is 21.3 Å². The molecule has 0 aliphatic heterocycles. The molecule has 0 amide bonds. The van der Waals surface area contributed by atoms with Gasteiger partial charge in [0.1, 0.15) is 0 Å². The van der Waals surface area contributed by atoms with Crippen molar-refractivity contribution >= 4 is 52.9 Å². The molecule has 0 heterocycles. The van der Waals surface area contributed by atoms with Gasteiger partial charge >= 0.3 is 318 Å². The maximum atomic E-state index is 6.95. The molecular formula is C43H44Cl6Zr. The van der Waals surface area contributed by atoms with Crippen molar-refractivity contribution in [2.75, 3.05) is 0 Å². The minimum atomic E-state index is -3.14. The third-order valence-corrected chi connectivity index (χ3v) is 19.3. The SMILES string of the molecule is Cc1cc2c(cc1C(C)(C)C)-c1cc(C(C)(C)C)c(C)[c]([Zr+2]([C]3=CC=CC3)=[C](c3cc(Cl)cc(Cl)c3C)c3cc(Cl)cc(Cl)c3C)c1C2.[Cl-].[Cl-]. The van der Waals surface area contributed by atoms with Gasteiger partial charge in [-0.15, -0.1) is 0 Å². The first-order chi connectivity index (χ1) is 22.4. The quantitative estimate of drug-likeness (QED) is 0.182. The number of halogens is 6. The Hall–Kier alpha value is -1.15. The zero-order valence-electron chi connectivity index (χ0n) is 30.5. The Morgan fingerprint density at radius 3 is 1.64 bits per heavy atom. The van der Waals surface area contributed by atoms with E-state index in [1.165, 1.54) is 51.0 Å². The summed E-state index contributed by atoms with van der Waals surface area (Å²) in [6, 6.07) is 15.4. The van der Waals surface area contributed by atoms with Gasteiger partial charge in [0.05, 0.1) is 0 Å². The van der Waals surface area contributed by atoms with Crippen LogP contribution < -0.4 is 28.1 Å². The van der Waals surface area contributed by atoms with Crippen LogP contribution in [0.2, 0.25) is 20.1 Å². The Morgan fingerprint density at radius 2 is 1.16 bits per heavy atom. The normalized spacial score (nSPS) is 13.2. The van der Waals surface area contributed by atoms with E-state index >= 15 is 0 Å². The first-order valence-electron chi connectivity index (χ1n) is 16.7. The third kappa shape index (κ3) is 7.60. The molecule has 2 aliphatic rings. The van der Waals surface area contributed by atoms with Crippen LogP contribution in [0.15, 0.2) is 64.0 Å². The molecule has 0 saturated carbocycles. The number of fused-ring (bicyclic) bond motifs is 3. The molecule has 0 aromatic heterocycles. The second kappa shape index (κ2) is 15.3. The van der Waals surface area contributed by atoms with Gasteiger partial charge in [-0.1, -0.05) is 0 Å².